The molecular formula is C18H21FN4O3. The quantitative estimate of drug-likeness (QED) is 0.888. The highest BCUT2D eigenvalue weighted by atomic mass is 19.1. The van der Waals surface area contributed by atoms with Crippen LogP contribution in [-0.2, 0) is 23.0 Å². The number of halogens is 1. The Morgan fingerprint density at radius 3 is 2.73 bits per heavy atom. The van der Waals surface area contributed by atoms with Gasteiger partial charge in [-0.1, -0.05) is 0 Å². The van der Waals surface area contributed by atoms with Gasteiger partial charge in [0.25, 0.3) is 5.56 Å². The highest BCUT2D eigenvalue weighted by Crippen LogP contribution is 2.15. The molecule has 0 saturated carbocycles. The van der Waals surface area contributed by atoms with Crippen LogP contribution in [0, 0.1) is 12.7 Å². The first-order valence-corrected chi connectivity index (χ1v) is 8.39. The van der Waals surface area contributed by atoms with Crippen molar-refractivity contribution >= 4 is 17.4 Å². The number of morpholine rings is 1. The van der Waals surface area contributed by atoms with Crippen LogP contribution in [0.15, 0.2) is 29.1 Å². The molecule has 1 aliphatic heterocycles. The van der Waals surface area contributed by atoms with Crippen molar-refractivity contribution < 1.29 is 13.9 Å². The van der Waals surface area contributed by atoms with E-state index in [1.807, 2.05) is 4.90 Å². The third kappa shape index (κ3) is 4.08. The van der Waals surface area contributed by atoms with Crippen molar-refractivity contribution in [2.45, 2.75) is 13.3 Å². The molecule has 1 aliphatic rings. The number of nitrogens with one attached hydrogen (secondary N) is 1. The molecule has 26 heavy (non-hydrogen) atoms. The number of carbonyl (C=O) groups is 1. The number of hydrogen-bond donors (Lipinski definition) is 1. The van der Waals surface area contributed by atoms with Gasteiger partial charge < -0.3 is 15.0 Å². The van der Waals surface area contributed by atoms with E-state index in [2.05, 4.69) is 10.3 Å². The zero-order valence-corrected chi connectivity index (χ0v) is 14.8. The number of anilines is 2. The van der Waals surface area contributed by atoms with Crippen LogP contribution < -0.4 is 15.8 Å². The van der Waals surface area contributed by atoms with E-state index in [1.165, 1.54) is 22.8 Å². The topological polar surface area (TPSA) is 76.5 Å². The van der Waals surface area contributed by atoms with Crippen molar-refractivity contribution in [3.63, 3.8) is 0 Å². The number of ether oxygens (including phenoxy) is 1. The van der Waals surface area contributed by atoms with Gasteiger partial charge in [-0.15, -0.1) is 0 Å². The fourth-order valence-corrected chi connectivity index (χ4v) is 2.76. The maximum Gasteiger partial charge on any atom is 0.255 e. The van der Waals surface area contributed by atoms with Crippen LogP contribution in [0.2, 0.25) is 0 Å². The molecule has 0 bridgehead atoms. The summed E-state index contributed by atoms with van der Waals surface area (Å²) in [5.41, 5.74) is 0.729. The second-order valence-electron chi connectivity index (χ2n) is 6.22. The summed E-state index contributed by atoms with van der Waals surface area (Å²) in [4.78, 5) is 31.0. The molecule has 1 amide bonds. The van der Waals surface area contributed by atoms with Gasteiger partial charge in [-0.3, -0.25) is 14.2 Å². The number of benzene rings is 1. The minimum atomic E-state index is -0.328. The Balaban J connectivity index is 1.77. The largest absolute Gasteiger partial charge is 0.378 e. The summed E-state index contributed by atoms with van der Waals surface area (Å²) in [7, 11) is 1.59. The molecule has 1 N–H and O–H groups in total. The number of carbonyl (C=O) groups excluding carboxylic acids is 1. The first kappa shape index (κ1) is 18.1. The van der Waals surface area contributed by atoms with Crippen LogP contribution >= 0.6 is 0 Å². The SMILES string of the molecule is Cc1cc(NC(=O)Cc2nc(N3CCOCC3)cc(=O)n2C)ccc1F. The molecule has 7 nitrogen and oxygen atoms in total. The third-order valence-corrected chi connectivity index (χ3v) is 4.31. The Bertz CT molecular complexity index is 875. The Hall–Kier alpha value is -2.74. The number of rotatable bonds is 4. The van der Waals surface area contributed by atoms with Gasteiger partial charge in [0.1, 0.15) is 17.5 Å². The number of aryl methyl sites for hydroxylation is 1. The van der Waals surface area contributed by atoms with Crippen LogP contribution in [0.4, 0.5) is 15.9 Å². The molecule has 0 aliphatic carbocycles. The fourth-order valence-electron chi connectivity index (χ4n) is 2.76. The van der Waals surface area contributed by atoms with Crippen LogP contribution in [0.1, 0.15) is 11.4 Å². The van der Waals surface area contributed by atoms with E-state index >= 15 is 0 Å². The van der Waals surface area contributed by atoms with E-state index in [4.69, 9.17) is 4.74 Å². The van der Waals surface area contributed by atoms with Gasteiger partial charge in [0.15, 0.2) is 0 Å². The monoisotopic (exact) mass is 360 g/mol. The van der Waals surface area contributed by atoms with Crippen molar-refractivity contribution in [1.29, 1.82) is 0 Å². The van der Waals surface area contributed by atoms with E-state index < -0.39 is 0 Å². The Morgan fingerprint density at radius 2 is 2.04 bits per heavy atom. The van der Waals surface area contributed by atoms with Crippen LogP contribution in [-0.4, -0.2) is 41.8 Å². The van der Waals surface area contributed by atoms with Crippen LogP contribution in [0.5, 0.6) is 0 Å². The number of aromatic nitrogens is 2. The first-order valence-electron chi connectivity index (χ1n) is 8.39. The average Bonchev–Trinajstić information content (AvgIpc) is 2.62. The molecule has 8 heteroatoms. The van der Waals surface area contributed by atoms with E-state index in [9.17, 15) is 14.0 Å². The lowest BCUT2D eigenvalue weighted by atomic mass is 10.2. The van der Waals surface area contributed by atoms with Crippen molar-refractivity contribution in [1.82, 2.24) is 9.55 Å². The van der Waals surface area contributed by atoms with Crippen molar-refractivity contribution in [3.8, 4) is 0 Å². The fraction of sp³-hybridized carbons (Fsp3) is 0.389. The van der Waals surface area contributed by atoms with Gasteiger partial charge in [-0.25, -0.2) is 9.37 Å². The molecule has 0 radical (unpaired) electrons. The third-order valence-electron chi connectivity index (χ3n) is 4.31. The molecule has 0 spiro atoms. The lowest BCUT2D eigenvalue weighted by Gasteiger charge is -2.28. The molecule has 1 fully saturated rings. The molecule has 1 aromatic carbocycles. The number of amides is 1. The van der Waals surface area contributed by atoms with E-state index in [0.29, 0.717) is 49.2 Å². The first-order chi connectivity index (χ1) is 12.4. The lowest BCUT2D eigenvalue weighted by molar-refractivity contribution is -0.115. The van der Waals surface area contributed by atoms with Crippen LogP contribution in [0.25, 0.3) is 0 Å². The van der Waals surface area contributed by atoms with Gasteiger partial charge in [-0.2, -0.15) is 0 Å². The van der Waals surface area contributed by atoms with Crippen molar-refractivity contribution in [2.24, 2.45) is 7.05 Å². The molecule has 1 saturated heterocycles. The standard InChI is InChI=1S/C18H21FN4O3/c1-12-9-13(3-4-14(12)19)20-17(24)10-15-21-16(11-18(25)22(15)2)23-5-7-26-8-6-23/h3-4,9,11H,5-8,10H2,1-2H3,(H,20,24). The van der Waals surface area contributed by atoms with Gasteiger partial charge in [0, 0.05) is 31.9 Å². The highest BCUT2D eigenvalue weighted by molar-refractivity contribution is 5.91. The molecular weight excluding hydrogens is 339 g/mol. The summed E-state index contributed by atoms with van der Waals surface area (Å²) in [5.74, 6) is 0.273. The minimum absolute atomic E-state index is 0.0552. The van der Waals surface area contributed by atoms with Gasteiger partial charge in [0.05, 0.1) is 19.6 Å². The van der Waals surface area contributed by atoms with Crippen LogP contribution in [0.3, 0.4) is 0 Å². The number of hydrogen-bond acceptors (Lipinski definition) is 5. The maximum atomic E-state index is 13.3. The van der Waals surface area contributed by atoms with E-state index in [1.54, 1.807) is 20.0 Å². The summed E-state index contributed by atoms with van der Waals surface area (Å²) in [6, 6.07) is 5.83. The summed E-state index contributed by atoms with van der Waals surface area (Å²) >= 11 is 0. The predicted molar refractivity (Wildman–Crippen MR) is 96.0 cm³/mol. The molecule has 1 aromatic heterocycles. The lowest BCUT2D eigenvalue weighted by Crippen LogP contribution is -2.38. The molecule has 2 aromatic rings. The second-order valence-corrected chi connectivity index (χ2v) is 6.22. The van der Waals surface area contributed by atoms with Crippen molar-refractivity contribution in [2.75, 3.05) is 36.5 Å². The maximum absolute atomic E-state index is 13.3. The van der Waals surface area contributed by atoms with E-state index in [0.717, 1.165) is 0 Å². The normalized spacial score (nSPS) is 14.3. The van der Waals surface area contributed by atoms with Gasteiger partial charge in [-0.05, 0) is 30.7 Å². The molecule has 2 heterocycles. The zero-order chi connectivity index (χ0) is 18.7. The summed E-state index contributed by atoms with van der Waals surface area (Å²) in [6.07, 6.45) is -0.0552. The second kappa shape index (κ2) is 7.65. The predicted octanol–water partition coefficient (Wildman–Crippen LogP) is 1.25. The van der Waals surface area contributed by atoms with Gasteiger partial charge >= 0.3 is 0 Å². The molecule has 0 unspecified atom stereocenters. The van der Waals surface area contributed by atoms with E-state index in [-0.39, 0.29) is 23.7 Å². The smallest absolute Gasteiger partial charge is 0.255 e. The summed E-state index contributed by atoms with van der Waals surface area (Å²) < 4.78 is 20.0. The molecule has 138 valence electrons. The summed E-state index contributed by atoms with van der Waals surface area (Å²) in [6.45, 7) is 4.09. The average molecular weight is 360 g/mol. The summed E-state index contributed by atoms with van der Waals surface area (Å²) in [5, 5.41) is 2.71. The molecule has 0 atom stereocenters. The van der Waals surface area contributed by atoms with Crippen molar-refractivity contribution in [3.05, 3.63) is 51.8 Å². The Morgan fingerprint density at radius 1 is 1.31 bits per heavy atom. The highest BCUT2D eigenvalue weighted by Gasteiger charge is 2.17. The Labute approximate surface area is 150 Å². The minimum Gasteiger partial charge on any atom is -0.378 e. The molecule has 3 rings (SSSR count). The van der Waals surface area contributed by atoms with Gasteiger partial charge in [0.2, 0.25) is 5.91 Å². The number of nitrogens with zero attached hydrogens (tertiary/aromatic N) is 3. The zero-order valence-electron chi connectivity index (χ0n) is 14.8. The Kier molecular flexibility index (Phi) is 5.32.